The van der Waals surface area contributed by atoms with Crippen molar-refractivity contribution in [1.29, 1.82) is 0 Å². The first kappa shape index (κ1) is 11.2. The molecular formula is C15H19N. The average molecular weight is 213 g/mol. The molecule has 0 amide bonds. The Morgan fingerprint density at radius 2 is 2.06 bits per heavy atom. The van der Waals surface area contributed by atoms with Crippen molar-refractivity contribution in [3.8, 4) is 0 Å². The normalized spacial score (nSPS) is 21.6. The molecule has 0 aromatic heterocycles. The van der Waals surface area contributed by atoms with Crippen molar-refractivity contribution < 1.29 is 0 Å². The summed E-state index contributed by atoms with van der Waals surface area (Å²) >= 11 is 0. The first-order valence-corrected chi connectivity index (χ1v) is 5.93. The van der Waals surface area contributed by atoms with E-state index in [4.69, 9.17) is 5.73 Å². The van der Waals surface area contributed by atoms with Gasteiger partial charge in [0.15, 0.2) is 0 Å². The fraction of sp³-hybridized carbons (Fsp3) is 0.333. The van der Waals surface area contributed by atoms with Crippen LogP contribution in [0.15, 0.2) is 54.1 Å². The van der Waals surface area contributed by atoms with Crippen molar-refractivity contribution in [2.75, 3.05) is 0 Å². The fourth-order valence-electron chi connectivity index (χ4n) is 2.00. The van der Waals surface area contributed by atoms with Crippen LogP contribution < -0.4 is 5.73 Å². The summed E-state index contributed by atoms with van der Waals surface area (Å²) in [5.41, 5.74) is 8.79. The molecule has 1 nitrogen and oxygen atoms in total. The third kappa shape index (κ3) is 2.83. The maximum Gasteiger partial charge on any atom is 0.0332 e. The van der Waals surface area contributed by atoms with E-state index >= 15 is 0 Å². The van der Waals surface area contributed by atoms with E-state index in [1.54, 1.807) is 0 Å². The minimum absolute atomic E-state index is 0.131. The summed E-state index contributed by atoms with van der Waals surface area (Å²) < 4.78 is 0. The van der Waals surface area contributed by atoms with E-state index in [0.717, 1.165) is 12.8 Å². The number of benzene rings is 1. The third-order valence-electron chi connectivity index (χ3n) is 3.07. The molecule has 0 heterocycles. The molecule has 1 aliphatic rings. The zero-order chi connectivity index (χ0) is 11.4. The first-order chi connectivity index (χ1) is 7.75. The second-order valence-corrected chi connectivity index (χ2v) is 4.57. The molecule has 2 atom stereocenters. The van der Waals surface area contributed by atoms with Crippen LogP contribution in [-0.2, 0) is 6.42 Å². The summed E-state index contributed by atoms with van der Waals surface area (Å²) in [6.45, 7) is 2.23. The van der Waals surface area contributed by atoms with Crippen LogP contribution in [0.1, 0.15) is 18.9 Å². The summed E-state index contributed by atoms with van der Waals surface area (Å²) in [6.07, 6.45) is 8.75. The molecule has 0 saturated heterocycles. The predicted molar refractivity (Wildman–Crippen MR) is 69.1 cm³/mol. The largest absolute Gasteiger partial charge is 0.324 e. The van der Waals surface area contributed by atoms with Gasteiger partial charge in [0, 0.05) is 6.04 Å². The summed E-state index contributed by atoms with van der Waals surface area (Å²) in [7, 11) is 0. The lowest BCUT2D eigenvalue weighted by atomic mass is 9.92. The Bertz CT molecular complexity index is 389. The SMILES string of the molecule is CC1C=CC(C(N)Cc2ccccc2)=CC1. The molecule has 2 N–H and O–H groups in total. The molecule has 16 heavy (non-hydrogen) atoms. The molecule has 1 aliphatic carbocycles. The Morgan fingerprint density at radius 1 is 1.31 bits per heavy atom. The molecule has 0 spiro atoms. The molecule has 1 heteroatoms. The Morgan fingerprint density at radius 3 is 2.69 bits per heavy atom. The molecular weight excluding hydrogens is 194 g/mol. The van der Waals surface area contributed by atoms with Crippen LogP contribution in [0.2, 0.25) is 0 Å². The van der Waals surface area contributed by atoms with Gasteiger partial charge in [-0.2, -0.15) is 0 Å². The summed E-state index contributed by atoms with van der Waals surface area (Å²) in [5, 5.41) is 0. The number of rotatable bonds is 3. The lowest BCUT2D eigenvalue weighted by molar-refractivity contribution is 0.701. The van der Waals surface area contributed by atoms with Gasteiger partial charge in [0.05, 0.1) is 0 Å². The van der Waals surface area contributed by atoms with Crippen molar-refractivity contribution in [2.45, 2.75) is 25.8 Å². The van der Waals surface area contributed by atoms with Gasteiger partial charge >= 0.3 is 0 Å². The van der Waals surface area contributed by atoms with Gasteiger partial charge in [0.25, 0.3) is 0 Å². The average Bonchev–Trinajstić information content (AvgIpc) is 2.31. The van der Waals surface area contributed by atoms with Crippen molar-refractivity contribution in [1.82, 2.24) is 0 Å². The van der Waals surface area contributed by atoms with Crippen molar-refractivity contribution in [3.63, 3.8) is 0 Å². The van der Waals surface area contributed by atoms with Crippen LogP contribution in [-0.4, -0.2) is 6.04 Å². The Kier molecular flexibility index (Phi) is 3.58. The number of nitrogens with two attached hydrogens (primary N) is 1. The molecule has 1 aromatic carbocycles. The van der Waals surface area contributed by atoms with E-state index in [0.29, 0.717) is 5.92 Å². The van der Waals surface area contributed by atoms with Crippen molar-refractivity contribution in [2.24, 2.45) is 11.7 Å². The standard InChI is InChI=1S/C15H19N/c1-12-7-9-14(10-8-12)15(16)11-13-5-3-2-4-6-13/h2-7,9-10,12,15H,8,11,16H2,1H3. The van der Waals surface area contributed by atoms with Gasteiger partial charge in [-0.1, -0.05) is 55.5 Å². The fourth-order valence-corrected chi connectivity index (χ4v) is 2.00. The molecule has 0 fully saturated rings. The Hall–Kier alpha value is -1.34. The highest BCUT2D eigenvalue weighted by Crippen LogP contribution is 2.19. The maximum atomic E-state index is 6.21. The lowest BCUT2D eigenvalue weighted by Gasteiger charge is -2.18. The highest BCUT2D eigenvalue weighted by atomic mass is 14.6. The van der Waals surface area contributed by atoms with Gasteiger partial charge in [-0.25, -0.2) is 0 Å². The van der Waals surface area contributed by atoms with E-state index in [9.17, 15) is 0 Å². The lowest BCUT2D eigenvalue weighted by Crippen LogP contribution is -2.25. The molecule has 84 valence electrons. The molecule has 0 aliphatic heterocycles. The van der Waals surface area contributed by atoms with Gasteiger partial charge < -0.3 is 5.73 Å². The molecule has 0 saturated carbocycles. The van der Waals surface area contributed by atoms with Crippen molar-refractivity contribution in [3.05, 3.63) is 59.7 Å². The smallest absolute Gasteiger partial charge is 0.0332 e. The van der Waals surface area contributed by atoms with Crippen LogP contribution in [0, 0.1) is 5.92 Å². The Labute approximate surface area is 97.7 Å². The maximum absolute atomic E-state index is 6.21. The van der Waals surface area contributed by atoms with E-state index in [1.807, 2.05) is 6.07 Å². The quantitative estimate of drug-likeness (QED) is 0.820. The second-order valence-electron chi connectivity index (χ2n) is 4.57. The van der Waals surface area contributed by atoms with Gasteiger partial charge in [-0.15, -0.1) is 0 Å². The predicted octanol–water partition coefficient (Wildman–Crippen LogP) is 3.08. The van der Waals surface area contributed by atoms with Crippen molar-refractivity contribution >= 4 is 0 Å². The Balaban J connectivity index is 1.99. The highest BCUT2D eigenvalue weighted by Gasteiger charge is 2.11. The second kappa shape index (κ2) is 5.13. The van der Waals surface area contributed by atoms with Gasteiger partial charge in [-0.3, -0.25) is 0 Å². The van der Waals surface area contributed by atoms with Crippen LogP contribution in [0.3, 0.4) is 0 Å². The number of allylic oxidation sites excluding steroid dienone is 2. The van der Waals surface area contributed by atoms with E-state index in [2.05, 4.69) is 49.4 Å². The number of hydrogen-bond donors (Lipinski definition) is 1. The minimum atomic E-state index is 0.131. The topological polar surface area (TPSA) is 26.0 Å². The summed E-state index contributed by atoms with van der Waals surface area (Å²) in [4.78, 5) is 0. The summed E-state index contributed by atoms with van der Waals surface area (Å²) in [5.74, 6) is 0.660. The molecule has 0 radical (unpaired) electrons. The van der Waals surface area contributed by atoms with E-state index in [1.165, 1.54) is 11.1 Å². The van der Waals surface area contributed by atoms with E-state index < -0.39 is 0 Å². The van der Waals surface area contributed by atoms with Gasteiger partial charge in [0.1, 0.15) is 0 Å². The molecule has 2 unspecified atom stereocenters. The van der Waals surface area contributed by atoms with Crippen LogP contribution in [0.4, 0.5) is 0 Å². The molecule has 1 aromatic rings. The molecule has 0 bridgehead atoms. The van der Waals surface area contributed by atoms with E-state index in [-0.39, 0.29) is 6.04 Å². The summed E-state index contributed by atoms with van der Waals surface area (Å²) in [6, 6.07) is 10.6. The van der Waals surface area contributed by atoms with Crippen LogP contribution >= 0.6 is 0 Å². The van der Waals surface area contributed by atoms with Crippen LogP contribution in [0.5, 0.6) is 0 Å². The van der Waals surface area contributed by atoms with Gasteiger partial charge in [0.2, 0.25) is 0 Å². The third-order valence-corrected chi connectivity index (χ3v) is 3.07. The number of hydrogen-bond acceptors (Lipinski definition) is 1. The van der Waals surface area contributed by atoms with Gasteiger partial charge in [-0.05, 0) is 29.9 Å². The highest BCUT2D eigenvalue weighted by molar-refractivity contribution is 5.30. The first-order valence-electron chi connectivity index (χ1n) is 5.93. The zero-order valence-corrected chi connectivity index (χ0v) is 9.77. The van der Waals surface area contributed by atoms with Crippen LogP contribution in [0.25, 0.3) is 0 Å². The monoisotopic (exact) mass is 213 g/mol. The zero-order valence-electron chi connectivity index (χ0n) is 9.77. The molecule has 2 rings (SSSR count). The minimum Gasteiger partial charge on any atom is -0.324 e.